The zero-order valence-corrected chi connectivity index (χ0v) is 13.3. The summed E-state index contributed by atoms with van der Waals surface area (Å²) in [7, 11) is 0. The number of nitrogens with two attached hydrogens (primary N) is 1. The van der Waals surface area contributed by atoms with Crippen molar-refractivity contribution < 1.29 is 4.79 Å². The van der Waals surface area contributed by atoms with Gasteiger partial charge in [0.15, 0.2) is 0 Å². The Balaban J connectivity index is 0. The number of carbonyl (C=O) groups is 1. The second kappa shape index (κ2) is 9.55. The van der Waals surface area contributed by atoms with E-state index in [9.17, 15) is 4.79 Å². The highest BCUT2D eigenvalue weighted by molar-refractivity contribution is 7.11. The van der Waals surface area contributed by atoms with Crippen LogP contribution in [0.1, 0.15) is 28.9 Å². The molecule has 1 aromatic heterocycles. The van der Waals surface area contributed by atoms with Crippen molar-refractivity contribution in [1.29, 1.82) is 0 Å². The molecule has 1 rings (SSSR count). The van der Waals surface area contributed by atoms with Gasteiger partial charge in [-0.1, -0.05) is 0 Å². The number of carbonyl (C=O) groups excluding carboxylic acids is 1. The first-order valence-electron chi connectivity index (χ1n) is 5.44. The van der Waals surface area contributed by atoms with E-state index >= 15 is 0 Å². The summed E-state index contributed by atoms with van der Waals surface area (Å²) >= 11 is 1.69. The third-order valence-electron chi connectivity index (χ3n) is 2.18. The van der Waals surface area contributed by atoms with Crippen molar-refractivity contribution in [3.05, 3.63) is 15.6 Å². The molecule has 0 saturated heterocycles. The average molecular weight is 314 g/mol. The Hall–Kier alpha value is -0.360. The summed E-state index contributed by atoms with van der Waals surface area (Å²) in [6, 6.07) is -0.0765. The van der Waals surface area contributed by atoms with E-state index in [2.05, 4.69) is 10.3 Å². The zero-order chi connectivity index (χ0) is 12.1. The van der Waals surface area contributed by atoms with E-state index in [-0.39, 0.29) is 36.8 Å². The fraction of sp³-hybridized carbons (Fsp3) is 0.636. The summed E-state index contributed by atoms with van der Waals surface area (Å²) in [4.78, 5) is 16.9. The normalized spacial score (nSPS) is 11.1. The summed E-state index contributed by atoms with van der Waals surface area (Å²) < 4.78 is 0. The number of nitrogens with one attached hydrogen (secondary N) is 1. The first-order valence-corrected chi connectivity index (χ1v) is 6.26. The fourth-order valence-corrected chi connectivity index (χ4v) is 2.42. The molecule has 0 aromatic carbocycles. The highest BCUT2D eigenvalue weighted by Crippen LogP contribution is 2.16. The minimum atomic E-state index is -0.0765. The Morgan fingerprint density at radius 2 is 2.06 bits per heavy atom. The van der Waals surface area contributed by atoms with Crippen LogP contribution in [0.15, 0.2) is 0 Å². The molecule has 1 atom stereocenters. The van der Waals surface area contributed by atoms with Crippen LogP contribution in [0.3, 0.4) is 0 Å². The maximum atomic E-state index is 11.3. The van der Waals surface area contributed by atoms with Gasteiger partial charge in [-0.2, -0.15) is 0 Å². The predicted octanol–water partition coefficient (Wildman–Crippen LogP) is 2.00. The SMILES string of the molecule is Cc1nc(C)c(CCNC(=O)CC(C)N)s1.Cl.Cl. The number of hydrogen-bond acceptors (Lipinski definition) is 4. The van der Waals surface area contributed by atoms with Gasteiger partial charge in [0, 0.05) is 30.3 Å². The molecule has 1 unspecified atom stereocenters. The molecule has 4 nitrogen and oxygen atoms in total. The summed E-state index contributed by atoms with van der Waals surface area (Å²) in [6.45, 7) is 6.49. The van der Waals surface area contributed by atoms with Gasteiger partial charge in [0.25, 0.3) is 0 Å². The molecule has 3 N–H and O–H groups in total. The Labute approximate surface area is 125 Å². The van der Waals surface area contributed by atoms with Crippen LogP contribution in [0.2, 0.25) is 0 Å². The maximum absolute atomic E-state index is 11.3. The van der Waals surface area contributed by atoms with Crippen LogP contribution in [0.4, 0.5) is 0 Å². The number of aryl methyl sites for hydroxylation is 2. The Bertz CT molecular complexity index is 369. The van der Waals surface area contributed by atoms with Gasteiger partial charge in [0.2, 0.25) is 5.91 Å². The van der Waals surface area contributed by atoms with E-state index in [1.807, 2.05) is 20.8 Å². The molecule has 106 valence electrons. The third-order valence-corrected chi connectivity index (χ3v) is 3.31. The van der Waals surface area contributed by atoms with Gasteiger partial charge in [0.05, 0.1) is 10.7 Å². The van der Waals surface area contributed by atoms with Gasteiger partial charge in [-0.25, -0.2) is 4.98 Å². The quantitative estimate of drug-likeness (QED) is 0.873. The lowest BCUT2D eigenvalue weighted by Crippen LogP contribution is -2.31. The fourth-order valence-electron chi connectivity index (χ4n) is 1.49. The number of amides is 1. The largest absolute Gasteiger partial charge is 0.356 e. The number of rotatable bonds is 5. The van der Waals surface area contributed by atoms with Crippen LogP contribution < -0.4 is 11.1 Å². The van der Waals surface area contributed by atoms with Crippen LogP contribution in [0.5, 0.6) is 0 Å². The van der Waals surface area contributed by atoms with E-state index in [1.54, 1.807) is 11.3 Å². The van der Waals surface area contributed by atoms with E-state index in [0.717, 1.165) is 17.1 Å². The Morgan fingerprint density at radius 1 is 1.44 bits per heavy atom. The van der Waals surface area contributed by atoms with Crippen molar-refractivity contribution >= 4 is 42.1 Å². The average Bonchev–Trinajstić information content (AvgIpc) is 2.44. The van der Waals surface area contributed by atoms with Crippen LogP contribution >= 0.6 is 36.2 Å². The molecule has 18 heavy (non-hydrogen) atoms. The Kier molecular flexibility index (Phi) is 10.6. The minimum absolute atomic E-state index is 0. The number of thiazole rings is 1. The highest BCUT2D eigenvalue weighted by atomic mass is 35.5. The van der Waals surface area contributed by atoms with Crippen molar-refractivity contribution in [2.45, 2.75) is 39.7 Å². The number of aromatic nitrogens is 1. The third kappa shape index (κ3) is 7.16. The van der Waals surface area contributed by atoms with Gasteiger partial charge >= 0.3 is 0 Å². The van der Waals surface area contributed by atoms with Crippen molar-refractivity contribution in [1.82, 2.24) is 10.3 Å². The van der Waals surface area contributed by atoms with Gasteiger partial charge in [0.1, 0.15) is 0 Å². The molecule has 0 spiro atoms. The molecule has 7 heteroatoms. The molecular weight excluding hydrogens is 293 g/mol. The lowest BCUT2D eigenvalue weighted by Gasteiger charge is -2.06. The van der Waals surface area contributed by atoms with Crippen molar-refractivity contribution in [3.63, 3.8) is 0 Å². The van der Waals surface area contributed by atoms with Gasteiger partial charge < -0.3 is 11.1 Å². The minimum Gasteiger partial charge on any atom is -0.356 e. The van der Waals surface area contributed by atoms with Crippen molar-refractivity contribution in [2.24, 2.45) is 5.73 Å². The zero-order valence-electron chi connectivity index (χ0n) is 10.9. The smallest absolute Gasteiger partial charge is 0.221 e. The van der Waals surface area contributed by atoms with Gasteiger partial charge in [-0.05, 0) is 20.8 Å². The number of hydrogen-bond donors (Lipinski definition) is 2. The molecular formula is C11H21Cl2N3OS. The molecule has 1 aromatic rings. The summed E-state index contributed by atoms with van der Waals surface area (Å²) in [5.41, 5.74) is 6.61. The number of halogens is 2. The second-order valence-electron chi connectivity index (χ2n) is 4.02. The molecule has 0 fully saturated rings. The van der Waals surface area contributed by atoms with E-state index < -0.39 is 0 Å². The van der Waals surface area contributed by atoms with Crippen LogP contribution in [0.25, 0.3) is 0 Å². The van der Waals surface area contributed by atoms with Crippen LogP contribution in [-0.4, -0.2) is 23.5 Å². The van der Waals surface area contributed by atoms with E-state index in [4.69, 9.17) is 5.73 Å². The molecule has 0 saturated carbocycles. The summed E-state index contributed by atoms with van der Waals surface area (Å²) in [5.74, 6) is 0.0221. The molecule has 0 bridgehead atoms. The van der Waals surface area contributed by atoms with Crippen molar-refractivity contribution in [3.8, 4) is 0 Å². The lowest BCUT2D eigenvalue weighted by molar-refractivity contribution is -0.121. The number of nitrogens with zero attached hydrogens (tertiary/aromatic N) is 1. The molecule has 0 radical (unpaired) electrons. The second-order valence-corrected chi connectivity index (χ2v) is 5.31. The molecule has 1 heterocycles. The summed E-state index contributed by atoms with van der Waals surface area (Å²) in [5, 5.41) is 3.94. The van der Waals surface area contributed by atoms with E-state index in [1.165, 1.54) is 4.88 Å². The molecule has 0 aliphatic heterocycles. The van der Waals surface area contributed by atoms with Crippen LogP contribution in [0, 0.1) is 13.8 Å². The van der Waals surface area contributed by atoms with E-state index in [0.29, 0.717) is 13.0 Å². The topological polar surface area (TPSA) is 68.0 Å². The first kappa shape index (κ1) is 20.0. The highest BCUT2D eigenvalue weighted by Gasteiger charge is 2.07. The van der Waals surface area contributed by atoms with Crippen molar-refractivity contribution in [2.75, 3.05) is 6.54 Å². The van der Waals surface area contributed by atoms with Crippen LogP contribution in [-0.2, 0) is 11.2 Å². The molecule has 0 aliphatic carbocycles. The summed E-state index contributed by atoms with van der Waals surface area (Å²) in [6.07, 6.45) is 1.24. The van der Waals surface area contributed by atoms with Gasteiger partial charge in [-0.15, -0.1) is 36.2 Å². The maximum Gasteiger partial charge on any atom is 0.221 e. The molecule has 1 amide bonds. The molecule has 0 aliphatic rings. The predicted molar refractivity (Wildman–Crippen MR) is 81.1 cm³/mol. The first-order chi connectivity index (χ1) is 7.49. The standard InChI is InChI=1S/C11H19N3OS.2ClH/c1-7(12)6-11(15)13-5-4-10-8(2)14-9(3)16-10;;/h7H,4-6,12H2,1-3H3,(H,13,15);2*1H. The monoisotopic (exact) mass is 313 g/mol. The Morgan fingerprint density at radius 3 is 2.50 bits per heavy atom. The lowest BCUT2D eigenvalue weighted by atomic mass is 10.2. The van der Waals surface area contributed by atoms with Gasteiger partial charge in [-0.3, -0.25) is 4.79 Å².